The van der Waals surface area contributed by atoms with E-state index in [1.165, 1.54) is 11.3 Å². The summed E-state index contributed by atoms with van der Waals surface area (Å²) < 4.78 is 0.841. The molecule has 3 aromatic rings. The summed E-state index contributed by atoms with van der Waals surface area (Å²) in [6, 6.07) is 10.1. The van der Waals surface area contributed by atoms with Crippen LogP contribution in [0.2, 0.25) is 5.02 Å². The van der Waals surface area contributed by atoms with Gasteiger partial charge in [-0.3, -0.25) is 4.79 Å². The van der Waals surface area contributed by atoms with Crippen LogP contribution in [0.5, 0.6) is 0 Å². The number of thiophene rings is 1. The average Bonchev–Trinajstić information content (AvgIpc) is 3.08. The lowest BCUT2D eigenvalue weighted by molar-refractivity contribution is 0.100. The predicted molar refractivity (Wildman–Crippen MR) is 108 cm³/mol. The van der Waals surface area contributed by atoms with Crippen LogP contribution in [0.25, 0.3) is 20.5 Å². The topological polar surface area (TPSA) is 80.0 Å². The lowest BCUT2D eigenvalue weighted by atomic mass is 10.1. The zero-order chi connectivity index (χ0) is 18.1. The number of benzene rings is 1. The standard InChI is InChI=1S/C19H19ClN4OS/c20-15-6-2-1-5-12(15)16-8-13-17(26-16)14(18(21)25)10-23-19(13)24-11-4-3-7-22-9-11/h1-2,5-6,8,10-11,22H,3-4,7,9H2,(H2,21,25)(H,23,24)/t11-/m0/s1. The fourth-order valence-corrected chi connectivity index (χ4v) is 4.78. The van der Waals surface area contributed by atoms with Crippen LogP contribution in [0.4, 0.5) is 5.82 Å². The first kappa shape index (κ1) is 17.3. The zero-order valence-electron chi connectivity index (χ0n) is 14.1. The second kappa shape index (κ2) is 7.23. The summed E-state index contributed by atoms with van der Waals surface area (Å²) in [5, 5.41) is 8.50. The molecular formula is C19H19ClN4OS. The van der Waals surface area contributed by atoms with Crippen molar-refractivity contribution in [2.75, 3.05) is 18.4 Å². The minimum atomic E-state index is -0.471. The van der Waals surface area contributed by atoms with E-state index in [0.717, 1.165) is 52.3 Å². The molecule has 1 atom stereocenters. The van der Waals surface area contributed by atoms with E-state index in [4.69, 9.17) is 17.3 Å². The monoisotopic (exact) mass is 386 g/mol. The van der Waals surface area contributed by atoms with Gasteiger partial charge in [-0.15, -0.1) is 11.3 Å². The molecule has 4 N–H and O–H groups in total. The summed E-state index contributed by atoms with van der Waals surface area (Å²) in [7, 11) is 0. The fourth-order valence-electron chi connectivity index (χ4n) is 3.28. The van der Waals surface area contributed by atoms with Gasteiger partial charge in [0.05, 0.1) is 10.3 Å². The Kier molecular flexibility index (Phi) is 4.80. The molecular weight excluding hydrogens is 368 g/mol. The predicted octanol–water partition coefficient (Wildman–Crippen LogP) is 3.88. The van der Waals surface area contributed by atoms with Crippen molar-refractivity contribution in [3.05, 3.63) is 47.1 Å². The number of carbonyl (C=O) groups is 1. The largest absolute Gasteiger partial charge is 0.366 e. The van der Waals surface area contributed by atoms with Crippen molar-refractivity contribution >= 4 is 44.7 Å². The number of anilines is 1. The lowest BCUT2D eigenvalue weighted by Gasteiger charge is -2.24. The quantitative estimate of drug-likeness (QED) is 0.635. The van der Waals surface area contributed by atoms with Crippen LogP contribution in [0, 0.1) is 0 Å². The number of primary amides is 1. The van der Waals surface area contributed by atoms with Crippen molar-refractivity contribution < 1.29 is 4.79 Å². The second-order valence-corrected chi connectivity index (χ2v) is 7.87. The molecule has 134 valence electrons. The van der Waals surface area contributed by atoms with E-state index in [0.29, 0.717) is 16.6 Å². The van der Waals surface area contributed by atoms with Crippen LogP contribution in [0.3, 0.4) is 0 Å². The Morgan fingerprint density at radius 2 is 2.23 bits per heavy atom. The van der Waals surface area contributed by atoms with Gasteiger partial charge in [0.2, 0.25) is 0 Å². The molecule has 1 aliphatic rings. The van der Waals surface area contributed by atoms with E-state index in [1.807, 2.05) is 30.3 Å². The van der Waals surface area contributed by atoms with Crippen molar-refractivity contribution in [3.8, 4) is 10.4 Å². The number of hydrogen-bond acceptors (Lipinski definition) is 5. The molecule has 26 heavy (non-hydrogen) atoms. The van der Waals surface area contributed by atoms with Gasteiger partial charge in [-0.05, 0) is 31.5 Å². The van der Waals surface area contributed by atoms with E-state index in [-0.39, 0.29) is 0 Å². The van der Waals surface area contributed by atoms with Crippen molar-refractivity contribution in [1.82, 2.24) is 10.3 Å². The maximum absolute atomic E-state index is 11.9. The number of amides is 1. The maximum atomic E-state index is 11.9. The van der Waals surface area contributed by atoms with E-state index < -0.39 is 5.91 Å². The van der Waals surface area contributed by atoms with E-state index >= 15 is 0 Å². The Balaban J connectivity index is 1.82. The van der Waals surface area contributed by atoms with Gasteiger partial charge in [0.25, 0.3) is 5.91 Å². The highest BCUT2D eigenvalue weighted by atomic mass is 35.5. The minimum absolute atomic E-state index is 0.322. The molecule has 1 amide bonds. The Morgan fingerprint density at radius 1 is 1.38 bits per heavy atom. The smallest absolute Gasteiger partial charge is 0.251 e. The molecule has 5 nitrogen and oxygen atoms in total. The first-order chi connectivity index (χ1) is 12.6. The molecule has 1 saturated heterocycles. The Morgan fingerprint density at radius 3 is 2.96 bits per heavy atom. The van der Waals surface area contributed by atoms with Crippen molar-refractivity contribution in [1.29, 1.82) is 0 Å². The number of piperidine rings is 1. The third-order valence-electron chi connectivity index (χ3n) is 4.60. The van der Waals surface area contributed by atoms with Crippen molar-refractivity contribution in [3.63, 3.8) is 0 Å². The summed E-state index contributed by atoms with van der Waals surface area (Å²) in [5.74, 6) is 0.314. The molecule has 0 unspecified atom stereocenters. The number of fused-ring (bicyclic) bond motifs is 1. The van der Waals surface area contributed by atoms with E-state index in [9.17, 15) is 4.79 Å². The van der Waals surface area contributed by atoms with Gasteiger partial charge in [-0.25, -0.2) is 4.98 Å². The third kappa shape index (κ3) is 3.28. The molecule has 0 saturated carbocycles. The molecule has 1 aliphatic heterocycles. The number of nitrogens with one attached hydrogen (secondary N) is 2. The van der Waals surface area contributed by atoms with Crippen molar-refractivity contribution in [2.24, 2.45) is 5.73 Å². The molecule has 2 aromatic heterocycles. The number of rotatable bonds is 4. The van der Waals surface area contributed by atoms with Gasteiger partial charge in [-0.1, -0.05) is 29.8 Å². The Labute approximate surface area is 160 Å². The molecule has 0 aliphatic carbocycles. The molecule has 0 bridgehead atoms. The van der Waals surface area contributed by atoms with Gasteiger partial charge < -0.3 is 16.4 Å². The van der Waals surface area contributed by atoms with Crippen LogP contribution >= 0.6 is 22.9 Å². The number of hydrogen-bond donors (Lipinski definition) is 3. The van der Waals surface area contributed by atoms with Crippen LogP contribution in [-0.4, -0.2) is 30.0 Å². The molecule has 3 heterocycles. The first-order valence-electron chi connectivity index (χ1n) is 8.58. The summed E-state index contributed by atoms with van der Waals surface area (Å²) in [4.78, 5) is 17.3. The van der Waals surface area contributed by atoms with E-state index in [2.05, 4.69) is 15.6 Å². The number of nitrogens with two attached hydrogens (primary N) is 1. The van der Waals surface area contributed by atoms with Crippen LogP contribution in [-0.2, 0) is 0 Å². The second-order valence-electron chi connectivity index (χ2n) is 6.41. The third-order valence-corrected chi connectivity index (χ3v) is 6.13. The van der Waals surface area contributed by atoms with Crippen LogP contribution in [0.1, 0.15) is 23.2 Å². The van der Waals surface area contributed by atoms with E-state index in [1.54, 1.807) is 6.20 Å². The first-order valence-corrected chi connectivity index (χ1v) is 9.77. The van der Waals surface area contributed by atoms with Crippen LogP contribution < -0.4 is 16.4 Å². The number of pyridine rings is 1. The number of nitrogens with zero attached hydrogens (tertiary/aromatic N) is 1. The van der Waals surface area contributed by atoms with Gasteiger partial charge in [0, 0.05) is 39.6 Å². The molecule has 0 radical (unpaired) electrons. The number of carbonyl (C=O) groups excluding carboxylic acids is 1. The summed E-state index contributed by atoms with van der Waals surface area (Å²) in [6.45, 7) is 1.96. The number of aromatic nitrogens is 1. The lowest BCUT2D eigenvalue weighted by Crippen LogP contribution is -2.38. The average molecular weight is 387 g/mol. The fraction of sp³-hybridized carbons (Fsp3) is 0.263. The SMILES string of the molecule is NC(=O)c1cnc(N[C@H]2CCCNC2)c2cc(-c3ccccc3Cl)sc12. The summed E-state index contributed by atoms with van der Waals surface area (Å²) in [5.41, 5.74) is 6.94. The minimum Gasteiger partial charge on any atom is -0.366 e. The molecule has 1 fully saturated rings. The highest BCUT2D eigenvalue weighted by Crippen LogP contribution is 2.40. The van der Waals surface area contributed by atoms with Crippen LogP contribution in [0.15, 0.2) is 36.5 Å². The highest BCUT2D eigenvalue weighted by Gasteiger charge is 2.19. The maximum Gasteiger partial charge on any atom is 0.251 e. The van der Waals surface area contributed by atoms with Gasteiger partial charge >= 0.3 is 0 Å². The Bertz CT molecular complexity index is 965. The van der Waals surface area contributed by atoms with Gasteiger partial charge in [0.15, 0.2) is 0 Å². The summed E-state index contributed by atoms with van der Waals surface area (Å²) in [6.07, 6.45) is 3.79. The zero-order valence-corrected chi connectivity index (χ0v) is 15.7. The molecule has 4 rings (SSSR count). The normalized spacial score (nSPS) is 17.3. The number of halogens is 1. The molecule has 7 heteroatoms. The van der Waals surface area contributed by atoms with Crippen molar-refractivity contribution in [2.45, 2.75) is 18.9 Å². The van der Waals surface area contributed by atoms with Gasteiger partial charge in [-0.2, -0.15) is 0 Å². The highest BCUT2D eigenvalue weighted by molar-refractivity contribution is 7.22. The Hall–Kier alpha value is -2.15. The molecule has 1 aromatic carbocycles. The summed E-state index contributed by atoms with van der Waals surface area (Å²) >= 11 is 7.87. The molecule has 0 spiro atoms. The van der Waals surface area contributed by atoms with Gasteiger partial charge in [0.1, 0.15) is 5.82 Å².